The number of carbonyl (C=O) groups is 2. The van der Waals surface area contributed by atoms with E-state index in [0.717, 1.165) is 36.0 Å². The number of ether oxygens (including phenoxy) is 1. The molecule has 4 rings (SSSR count). The van der Waals surface area contributed by atoms with Gasteiger partial charge in [0.1, 0.15) is 0 Å². The Morgan fingerprint density at radius 3 is 2.22 bits per heavy atom. The molecular weight excluding hydrogens is 506 g/mol. The molecule has 2 aromatic rings. The van der Waals surface area contributed by atoms with Gasteiger partial charge in [0.05, 0.1) is 30.0 Å². The second-order valence-corrected chi connectivity index (χ2v) is 9.25. The number of fused-ring (bicyclic) bond motifs is 3. The van der Waals surface area contributed by atoms with E-state index in [9.17, 15) is 41.0 Å². The van der Waals surface area contributed by atoms with Crippen LogP contribution in [0.2, 0.25) is 0 Å². The summed E-state index contributed by atoms with van der Waals surface area (Å²) in [6, 6.07) is 3.18. The summed E-state index contributed by atoms with van der Waals surface area (Å²) in [7, 11) is 1.06. The highest BCUT2D eigenvalue weighted by Crippen LogP contribution is 2.46. The van der Waals surface area contributed by atoms with Crippen molar-refractivity contribution >= 4 is 17.9 Å². The maximum atomic E-state index is 13.4. The molecule has 0 radical (unpaired) electrons. The molecular formula is C25H24F6N2O4. The fraction of sp³-hybridized carbons (Fsp3) is 0.440. The molecule has 0 aromatic heterocycles. The molecule has 1 aliphatic heterocycles. The minimum Gasteiger partial charge on any atom is -0.465 e. The summed E-state index contributed by atoms with van der Waals surface area (Å²) in [6.07, 6.45) is -10.0. The Kier molecular flexibility index (Phi) is 6.80. The highest BCUT2D eigenvalue weighted by Gasteiger charge is 2.42. The molecule has 2 atom stereocenters. The quantitative estimate of drug-likeness (QED) is 0.443. The number of hydrogen-bond donors (Lipinski definition) is 1. The third-order valence-electron chi connectivity index (χ3n) is 6.89. The first-order chi connectivity index (χ1) is 17.2. The number of amides is 2. The van der Waals surface area contributed by atoms with Crippen molar-refractivity contribution < 1.29 is 45.8 Å². The predicted octanol–water partition coefficient (Wildman–Crippen LogP) is 6.80. The first-order valence-electron chi connectivity index (χ1n) is 11.5. The lowest BCUT2D eigenvalue weighted by Crippen LogP contribution is -2.47. The normalized spacial score (nSPS) is 19.3. The van der Waals surface area contributed by atoms with Gasteiger partial charge in [0.2, 0.25) is 0 Å². The third-order valence-corrected chi connectivity index (χ3v) is 6.89. The monoisotopic (exact) mass is 530 g/mol. The van der Waals surface area contributed by atoms with Crippen molar-refractivity contribution in [3.8, 4) is 0 Å². The van der Waals surface area contributed by atoms with Crippen LogP contribution in [0.15, 0.2) is 30.3 Å². The largest absolute Gasteiger partial charge is 0.465 e. The van der Waals surface area contributed by atoms with Crippen LogP contribution in [0.4, 0.5) is 41.6 Å². The van der Waals surface area contributed by atoms with Crippen molar-refractivity contribution in [2.24, 2.45) is 0 Å². The third kappa shape index (κ3) is 5.05. The van der Waals surface area contributed by atoms with E-state index < -0.39 is 54.3 Å². The fourth-order valence-corrected chi connectivity index (χ4v) is 5.35. The molecule has 2 aromatic carbocycles. The van der Waals surface area contributed by atoms with Gasteiger partial charge in [0, 0.05) is 18.2 Å². The molecule has 0 fully saturated rings. The standard InChI is InChI=1S/C25H24F6N2O4/c1-13-8-20(21-18-5-3-4-15(18)6-7-19(21)33(13)22(34)35)32(23(36)37-2)12-14-9-16(24(26,27)28)11-17(10-14)25(29,30)31/h6-7,9-11,13,20H,3-5,8,12H2,1-2H3,(H,34,35). The molecule has 37 heavy (non-hydrogen) atoms. The molecule has 0 saturated carbocycles. The first kappa shape index (κ1) is 26.6. The highest BCUT2D eigenvalue weighted by atomic mass is 19.4. The Morgan fingerprint density at radius 1 is 1.05 bits per heavy atom. The summed E-state index contributed by atoms with van der Waals surface area (Å²) >= 11 is 0. The average molecular weight is 530 g/mol. The zero-order valence-electron chi connectivity index (χ0n) is 19.9. The van der Waals surface area contributed by atoms with Gasteiger partial charge in [-0.2, -0.15) is 26.3 Å². The minimum absolute atomic E-state index is 0.0293. The van der Waals surface area contributed by atoms with E-state index in [1.165, 1.54) is 4.90 Å². The van der Waals surface area contributed by atoms with Gasteiger partial charge >= 0.3 is 24.5 Å². The summed E-state index contributed by atoms with van der Waals surface area (Å²) in [6.45, 7) is 1.02. The molecule has 200 valence electrons. The molecule has 1 aliphatic carbocycles. The average Bonchev–Trinajstić information content (AvgIpc) is 3.29. The van der Waals surface area contributed by atoms with Gasteiger partial charge in [-0.3, -0.25) is 9.80 Å². The summed E-state index contributed by atoms with van der Waals surface area (Å²) in [5.74, 6) is 0. The Balaban J connectivity index is 1.86. The number of hydrogen-bond acceptors (Lipinski definition) is 3. The Hall–Kier alpha value is -3.44. The van der Waals surface area contributed by atoms with Crippen LogP contribution in [-0.2, 0) is 36.5 Å². The number of carbonyl (C=O) groups excluding carboxylic acids is 1. The molecule has 0 bridgehead atoms. The number of rotatable bonds is 3. The van der Waals surface area contributed by atoms with Gasteiger partial charge in [0.15, 0.2) is 0 Å². The molecule has 1 heterocycles. The Labute approximate surface area is 208 Å². The van der Waals surface area contributed by atoms with Crippen molar-refractivity contribution in [2.75, 3.05) is 12.0 Å². The van der Waals surface area contributed by atoms with Crippen LogP contribution in [0.5, 0.6) is 0 Å². The highest BCUT2D eigenvalue weighted by molar-refractivity contribution is 5.89. The van der Waals surface area contributed by atoms with Gasteiger partial charge < -0.3 is 9.84 Å². The summed E-state index contributed by atoms with van der Waals surface area (Å²) < 4.78 is 85.5. The van der Waals surface area contributed by atoms with Gasteiger partial charge in [-0.05, 0) is 73.6 Å². The zero-order valence-corrected chi connectivity index (χ0v) is 19.9. The maximum Gasteiger partial charge on any atom is 0.416 e. The number of nitrogens with zero attached hydrogens (tertiary/aromatic N) is 2. The van der Waals surface area contributed by atoms with Crippen molar-refractivity contribution in [3.05, 3.63) is 63.7 Å². The second-order valence-electron chi connectivity index (χ2n) is 9.25. The van der Waals surface area contributed by atoms with Gasteiger partial charge in [0.25, 0.3) is 0 Å². The van der Waals surface area contributed by atoms with Crippen molar-refractivity contribution in [1.82, 2.24) is 4.90 Å². The lowest BCUT2D eigenvalue weighted by atomic mass is 9.85. The molecule has 12 heteroatoms. The van der Waals surface area contributed by atoms with Crippen LogP contribution in [0.1, 0.15) is 59.2 Å². The van der Waals surface area contributed by atoms with Gasteiger partial charge in [-0.25, -0.2) is 9.59 Å². The predicted molar refractivity (Wildman–Crippen MR) is 120 cm³/mol. The van der Waals surface area contributed by atoms with Crippen molar-refractivity contribution in [3.63, 3.8) is 0 Å². The number of alkyl halides is 6. The van der Waals surface area contributed by atoms with E-state index in [-0.39, 0.29) is 18.1 Å². The summed E-state index contributed by atoms with van der Waals surface area (Å²) in [5, 5.41) is 9.84. The van der Waals surface area contributed by atoms with E-state index in [2.05, 4.69) is 0 Å². The lowest BCUT2D eigenvalue weighted by molar-refractivity contribution is -0.143. The summed E-state index contributed by atoms with van der Waals surface area (Å²) in [4.78, 5) is 27.3. The van der Waals surface area contributed by atoms with Gasteiger partial charge in [-0.1, -0.05) is 6.07 Å². The Morgan fingerprint density at radius 2 is 1.68 bits per heavy atom. The Bertz CT molecular complexity index is 1190. The van der Waals surface area contributed by atoms with Crippen LogP contribution < -0.4 is 4.90 Å². The van der Waals surface area contributed by atoms with Crippen LogP contribution in [0.25, 0.3) is 0 Å². The summed E-state index contributed by atoms with van der Waals surface area (Å²) in [5.41, 5.74) is -0.679. The lowest BCUT2D eigenvalue weighted by Gasteiger charge is -2.43. The molecule has 0 spiro atoms. The van der Waals surface area contributed by atoms with Crippen molar-refractivity contribution in [2.45, 2.75) is 63.6 Å². The first-order valence-corrected chi connectivity index (χ1v) is 11.5. The van der Waals surface area contributed by atoms with Crippen LogP contribution in [0.3, 0.4) is 0 Å². The number of halogens is 6. The number of aryl methyl sites for hydroxylation is 1. The topological polar surface area (TPSA) is 70.1 Å². The van der Waals surface area contributed by atoms with Crippen LogP contribution in [-0.4, -0.2) is 35.3 Å². The van der Waals surface area contributed by atoms with Gasteiger partial charge in [-0.15, -0.1) is 0 Å². The van der Waals surface area contributed by atoms with E-state index in [1.807, 2.05) is 6.07 Å². The minimum atomic E-state index is -5.04. The number of methoxy groups -OCH3 is 1. The molecule has 2 aliphatic rings. The zero-order chi connectivity index (χ0) is 27.3. The number of carboxylic acid groups (broad SMARTS) is 1. The smallest absolute Gasteiger partial charge is 0.416 e. The van der Waals surface area contributed by atoms with E-state index in [0.29, 0.717) is 29.8 Å². The molecule has 0 saturated heterocycles. The second kappa shape index (κ2) is 9.46. The van der Waals surface area contributed by atoms with E-state index >= 15 is 0 Å². The molecule has 6 nitrogen and oxygen atoms in total. The van der Waals surface area contributed by atoms with E-state index in [1.54, 1.807) is 13.0 Å². The molecule has 2 unspecified atom stereocenters. The van der Waals surface area contributed by atoms with Crippen LogP contribution >= 0.6 is 0 Å². The van der Waals surface area contributed by atoms with E-state index in [4.69, 9.17) is 4.74 Å². The fourth-order valence-electron chi connectivity index (χ4n) is 5.35. The number of anilines is 1. The maximum absolute atomic E-state index is 13.4. The van der Waals surface area contributed by atoms with Crippen LogP contribution in [0, 0.1) is 0 Å². The number of benzene rings is 2. The van der Waals surface area contributed by atoms with Crippen molar-refractivity contribution in [1.29, 1.82) is 0 Å². The molecule has 2 amide bonds. The SMILES string of the molecule is COC(=O)N(Cc1cc(C(F)(F)F)cc(C(F)(F)F)c1)C1CC(C)N(C(=O)O)c2ccc3c(c21)CCC3. The molecule has 1 N–H and O–H groups in total.